The Balaban J connectivity index is 0.000000804. The number of hydrogen-bond donors (Lipinski definition) is 0. The number of aryl methyl sites for hydroxylation is 1. The van der Waals surface area contributed by atoms with E-state index in [1.807, 2.05) is 6.92 Å². The summed E-state index contributed by atoms with van der Waals surface area (Å²) in [4.78, 5) is 2.52. The minimum atomic E-state index is 0.778. The topological polar surface area (TPSA) is 12.5 Å². The molecule has 0 radical (unpaired) electrons. The third kappa shape index (κ3) is 10.1. The van der Waals surface area contributed by atoms with E-state index in [0.717, 1.165) is 38.2 Å². The fraction of sp³-hybridized carbons (Fsp3) is 0.556. The van der Waals surface area contributed by atoms with Crippen LogP contribution in [0.5, 0.6) is 5.75 Å². The Labute approximate surface area is 194 Å². The molecule has 0 atom stereocenters. The van der Waals surface area contributed by atoms with Crippen molar-refractivity contribution in [3.8, 4) is 5.75 Å². The molecule has 1 aromatic rings. The predicted molar refractivity (Wildman–Crippen MR) is 138 cm³/mol. The summed E-state index contributed by atoms with van der Waals surface area (Å²) >= 11 is 3.66. The molecule has 30 heavy (non-hydrogen) atoms. The van der Waals surface area contributed by atoms with Crippen molar-refractivity contribution in [1.82, 2.24) is 4.90 Å². The molecule has 0 bridgehead atoms. The lowest BCUT2D eigenvalue weighted by molar-refractivity contribution is 0.183. The summed E-state index contributed by atoms with van der Waals surface area (Å²) in [5.41, 5.74) is 3.92. The molecule has 3 heteroatoms. The van der Waals surface area contributed by atoms with Gasteiger partial charge < -0.3 is 4.74 Å². The highest BCUT2D eigenvalue weighted by Gasteiger charge is 2.11. The summed E-state index contributed by atoms with van der Waals surface area (Å²) in [6.07, 6.45) is 15.9. The third-order valence-electron chi connectivity index (χ3n) is 5.19. The Morgan fingerprint density at radius 2 is 1.83 bits per heavy atom. The first kappa shape index (κ1) is 26.7. The average molecular weight is 477 g/mol. The number of nitrogens with zero attached hydrogens (tertiary/aromatic N) is 1. The molecule has 0 aromatic heterocycles. The van der Waals surface area contributed by atoms with Gasteiger partial charge in [0, 0.05) is 6.54 Å². The van der Waals surface area contributed by atoms with Crippen LogP contribution in [0.15, 0.2) is 47.0 Å². The molecule has 1 fully saturated rings. The number of likely N-dealkylation sites (tertiary alicyclic amines) is 1. The summed E-state index contributed by atoms with van der Waals surface area (Å²) in [5, 5.41) is 0. The number of ether oxygens (including phenoxy) is 1. The van der Waals surface area contributed by atoms with Crippen LogP contribution in [0, 0.1) is 0 Å². The second-order valence-electron chi connectivity index (χ2n) is 7.74. The summed E-state index contributed by atoms with van der Waals surface area (Å²) in [6.45, 7) is 14.8. The lowest BCUT2D eigenvalue weighted by Gasteiger charge is -2.26. The molecule has 1 saturated heterocycles. The van der Waals surface area contributed by atoms with Gasteiger partial charge in [-0.1, -0.05) is 73.0 Å². The molecule has 1 aromatic carbocycles. The highest BCUT2D eigenvalue weighted by atomic mass is 79.9. The van der Waals surface area contributed by atoms with Crippen molar-refractivity contribution >= 4 is 21.5 Å². The van der Waals surface area contributed by atoms with Gasteiger partial charge in [0.2, 0.25) is 0 Å². The summed E-state index contributed by atoms with van der Waals surface area (Å²) in [5.74, 6) is 0.997. The molecule has 2 nitrogen and oxygen atoms in total. The molecule has 1 heterocycles. The van der Waals surface area contributed by atoms with Crippen molar-refractivity contribution in [2.75, 3.05) is 26.2 Å². The first-order chi connectivity index (χ1) is 14.6. The fourth-order valence-electron chi connectivity index (χ4n) is 3.67. The molecule has 0 amide bonds. The Bertz CT molecular complexity index is 680. The Hall–Kier alpha value is -1.32. The minimum Gasteiger partial charge on any atom is -0.492 e. The smallest absolute Gasteiger partial charge is 0.119 e. The Morgan fingerprint density at radius 1 is 1.10 bits per heavy atom. The van der Waals surface area contributed by atoms with Crippen molar-refractivity contribution < 1.29 is 4.74 Å². The third-order valence-corrected chi connectivity index (χ3v) is 5.61. The molecular formula is C27H42BrNO. The monoisotopic (exact) mass is 475 g/mol. The van der Waals surface area contributed by atoms with Crippen molar-refractivity contribution in [2.45, 2.75) is 73.1 Å². The zero-order valence-corrected chi connectivity index (χ0v) is 21.4. The van der Waals surface area contributed by atoms with Crippen LogP contribution in [0.3, 0.4) is 0 Å². The maximum absolute atomic E-state index is 6.06. The van der Waals surface area contributed by atoms with Gasteiger partial charge in [-0.3, -0.25) is 4.90 Å². The van der Waals surface area contributed by atoms with Crippen molar-refractivity contribution in [2.24, 2.45) is 0 Å². The van der Waals surface area contributed by atoms with Crippen molar-refractivity contribution in [1.29, 1.82) is 0 Å². The number of hydrogen-bond acceptors (Lipinski definition) is 2. The first-order valence-electron chi connectivity index (χ1n) is 11.7. The number of piperidine rings is 1. The van der Waals surface area contributed by atoms with Gasteiger partial charge in [-0.05, 0) is 92.9 Å². The fourth-order valence-corrected chi connectivity index (χ4v) is 4.01. The molecule has 0 unspecified atom stereocenters. The average Bonchev–Trinajstić information content (AvgIpc) is 2.74. The highest BCUT2D eigenvalue weighted by Crippen LogP contribution is 2.30. The summed E-state index contributed by atoms with van der Waals surface area (Å²) in [7, 11) is 0. The Kier molecular flexibility index (Phi) is 14.6. The first-order valence-corrected chi connectivity index (χ1v) is 12.4. The van der Waals surface area contributed by atoms with E-state index in [-0.39, 0.29) is 0 Å². The van der Waals surface area contributed by atoms with Crippen LogP contribution in [0.4, 0.5) is 0 Å². The van der Waals surface area contributed by atoms with E-state index < -0.39 is 0 Å². The van der Waals surface area contributed by atoms with Crippen LogP contribution >= 0.6 is 15.9 Å². The van der Waals surface area contributed by atoms with Crippen LogP contribution in [-0.4, -0.2) is 31.1 Å². The molecule has 1 aliphatic heterocycles. The van der Waals surface area contributed by atoms with Crippen LogP contribution in [0.1, 0.15) is 77.8 Å². The van der Waals surface area contributed by atoms with E-state index in [0.29, 0.717) is 0 Å². The van der Waals surface area contributed by atoms with Crippen molar-refractivity contribution in [3.05, 3.63) is 58.1 Å². The number of halogens is 1. The largest absolute Gasteiger partial charge is 0.492 e. The van der Waals surface area contributed by atoms with Gasteiger partial charge in [-0.25, -0.2) is 0 Å². The lowest BCUT2D eigenvalue weighted by atomic mass is 9.96. The van der Waals surface area contributed by atoms with Crippen LogP contribution in [0.25, 0.3) is 5.57 Å². The second kappa shape index (κ2) is 16.4. The second-order valence-corrected chi connectivity index (χ2v) is 8.93. The predicted octanol–water partition coefficient (Wildman–Crippen LogP) is 8.18. The van der Waals surface area contributed by atoms with E-state index in [2.05, 4.69) is 91.0 Å². The van der Waals surface area contributed by atoms with Crippen LogP contribution in [-0.2, 0) is 6.42 Å². The Morgan fingerprint density at radius 3 is 2.37 bits per heavy atom. The maximum Gasteiger partial charge on any atom is 0.119 e. The molecular weight excluding hydrogens is 434 g/mol. The molecule has 2 rings (SSSR count). The zero-order valence-electron chi connectivity index (χ0n) is 19.8. The minimum absolute atomic E-state index is 0.778. The quantitative estimate of drug-likeness (QED) is 0.263. The molecule has 0 aliphatic carbocycles. The van der Waals surface area contributed by atoms with Gasteiger partial charge >= 0.3 is 0 Å². The van der Waals surface area contributed by atoms with Crippen molar-refractivity contribution in [3.63, 3.8) is 0 Å². The number of benzene rings is 1. The summed E-state index contributed by atoms with van der Waals surface area (Å²) in [6, 6.07) is 6.56. The van der Waals surface area contributed by atoms with E-state index in [4.69, 9.17) is 4.74 Å². The van der Waals surface area contributed by atoms with Gasteiger partial charge in [0.25, 0.3) is 0 Å². The van der Waals surface area contributed by atoms with Gasteiger partial charge in [-0.15, -0.1) is 0 Å². The summed E-state index contributed by atoms with van der Waals surface area (Å²) < 4.78 is 7.23. The van der Waals surface area contributed by atoms with Crippen LogP contribution in [0.2, 0.25) is 0 Å². The SMILES string of the molecule is C/C=C/C(=C(/C)Br)c1ccc(OCCN2CCCCC2)cc1CCC.C/C=C\CC. The van der Waals surface area contributed by atoms with Gasteiger partial charge in [0.15, 0.2) is 0 Å². The van der Waals surface area contributed by atoms with Gasteiger partial charge in [-0.2, -0.15) is 0 Å². The molecule has 1 aliphatic rings. The van der Waals surface area contributed by atoms with E-state index in [1.165, 1.54) is 53.5 Å². The lowest BCUT2D eigenvalue weighted by Crippen LogP contribution is -2.33. The zero-order chi connectivity index (χ0) is 22.2. The molecule has 0 saturated carbocycles. The normalized spacial score (nSPS) is 15.8. The number of allylic oxidation sites excluding steroid dienone is 6. The van der Waals surface area contributed by atoms with Gasteiger partial charge in [0.1, 0.15) is 12.4 Å². The van der Waals surface area contributed by atoms with Gasteiger partial charge in [0.05, 0.1) is 0 Å². The van der Waals surface area contributed by atoms with E-state index >= 15 is 0 Å². The molecule has 0 spiro atoms. The molecule has 168 valence electrons. The standard InChI is InChI=1S/C22H32BrNO.C5H10/c1-4-9-19-17-20(25-16-15-24-13-7-6-8-14-24)11-12-22(19)21(10-5-2)18(3)23;1-3-5-4-2/h5,10-12,17H,4,6-9,13-16H2,1-3H3;3,5H,4H2,1-2H3/b10-5+,21-18+;5-3-. The molecule has 0 N–H and O–H groups in total. The van der Waals surface area contributed by atoms with Crippen LogP contribution < -0.4 is 4.74 Å². The highest BCUT2D eigenvalue weighted by molar-refractivity contribution is 9.11. The van der Waals surface area contributed by atoms with E-state index in [9.17, 15) is 0 Å². The van der Waals surface area contributed by atoms with E-state index in [1.54, 1.807) is 0 Å². The maximum atomic E-state index is 6.06. The number of rotatable bonds is 9.